The zero-order valence-corrected chi connectivity index (χ0v) is 12.4. The van der Waals surface area contributed by atoms with Crippen molar-refractivity contribution in [3.8, 4) is 0 Å². The zero-order chi connectivity index (χ0) is 13.8. The van der Waals surface area contributed by atoms with Gasteiger partial charge in [0, 0.05) is 37.4 Å². The number of rotatable bonds is 4. The number of piperazine rings is 1. The predicted octanol–water partition coefficient (Wildman–Crippen LogP) is 2.99. The molecule has 0 unspecified atom stereocenters. The highest BCUT2D eigenvalue weighted by Crippen LogP contribution is 2.19. The van der Waals surface area contributed by atoms with E-state index >= 15 is 0 Å². The summed E-state index contributed by atoms with van der Waals surface area (Å²) in [7, 11) is 0. The van der Waals surface area contributed by atoms with Crippen LogP contribution in [0.5, 0.6) is 0 Å². The van der Waals surface area contributed by atoms with Crippen LogP contribution in [-0.2, 0) is 0 Å². The van der Waals surface area contributed by atoms with Crippen LogP contribution in [0.4, 0.5) is 5.82 Å². The van der Waals surface area contributed by atoms with Crippen molar-refractivity contribution >= 4 is 28.3 Å². The second-order valence-corrected chi connectivity index (χ2v) is 5.61. The number of benzene rings is 1. The molecule has 3 nitrogen and oxygen atoms in total. The molecule has 20 heavy (non-hydrogen) atoms. The van der Waals surface area contributed by atoms with Crippen molar-refractivity contribution in [2.45, 2.75) is 6.42 Å². The summed E-state index contributed by atoms with van der Waals surface area (Å²) in [6.45, 7) is 5.42. The Morgan fingerprint density at radius 1 is 1.00 bits per heavy atom. The Labute approximate surface area is 125 Å². The minimum atomic E-state index is 0.756. The van der Waals surface area contributed by atoms with Crippen LogP contribution in [0.3, 0.4) is 0 Å². The van der Waals surface area contributed by atoms with Gasteiger partial charge < -0.3 is 4.90 Å². The van der Waals surface area contributed by atoms with E-state index in [4.69, 9.17) is 16.6 Å². The van der Waals surface area contributed by atoms with Gasteiger partial charge in [0.15, 0.2) is 0 Å². The summed E-state index contributed by atoms with van der Waals surface area (Å²) in [5.41, 5.74) is 1.08. The molecule has 4 heteroatoms. The van der Waals surface area contributed by atoms with E-state index in [2.05, 4.69) is 40.1 Å². The van der Waals surface area contributed by atoms with Gasteiger partial charge in [-0.1, -0.05) is 18.2 Å². The molecule has 1 aliphatic heterocycles. The lowest BCUT2D eigenvalue weighted by molar-refractivity contribution is 0.258. The summed E-state index contributed by atoms with van der Waals surface area (Å²) in [5.74, 6) is 1.85. The van der Waals surface area contributed by atoms with Crippen LogP contribution in [0.2, 0.25) is 0 Å². The van der Waals surface area contributed by atoms with Crippen LogP contribution in [0.1, 0.15) is 6.42 Å². The number of fused-ring (bicyclic) bond motifs is 1. The van der Waals surface area contributed by atoms with Gasteiger partial charge in [-0.3, -0.25) is 4.90 Å². The minimum absolute atomic E-state index is 0.756. The predicted molar refractivity (Wildman–Crippen MR) is 85.7 cm³/mol. The van der Waals surface area contributed by atoms with Crippen LogP contribution in [0.25, 0.3) is 10.9 Å². The number of halogens is 1. The lowest BCUT2D eigenvalue weighted by Crippen LogP contribution is -2.47. The lowest BCUT2D eigenvalue weighted by atomic mass is 10.2. The number of hydrogen-bond donors (Lipinski definition) is 0. The minimum Gasteiger partial charge on any atom is -0.354 e. The van der Waals surface area contributed by atoms with Gasteiger partial charge in [0.1, 0.15) is 5.82 Å². The van der Waals surface area contributed by atoms with E-state index < -0.39 is 0 Å². The van der Waals surface area contributed by atoms with E-state index in [0.717, 1.165) is 56.4 Å². The molecule has 0 spiro atoms. The third-order valence-electron chi connectivity index (χ3n) is 3.89. The Bertz CT molecular complexity index is 564. The lowest BCUT2D eigenvalue weighted by Gasteiger charge is -2.35. The average molecular weight is 290 g/mol. The largest absolute Gasteiger partial charge is 0.354 e. The molecule has 2 heterocycles. The highest BCUT2D eigenvalue weighted by atomic mass is 35.5. The molecule has 0 atom stereocenters. The summed E-state index contributed by atoms with van der Waals surface area (Å²) < 4.78 is 0. The smallest absolute Gasteiger partial charge is 0.129 e. The topological polar surface area (TPSA) is 19.4 Å². The number of aromatic nitrogens is 1. The number of pyridine rings is 1. The fraction of sp³-hybridized carbons (Fsp3) is 0.438. The Morgan fingerprint density at radius 3 is 2.60 bits per heavy atom. The zero-order valence-electron chi connectivity index (χ0n) is 11.6. The fourth-order valence-corrected chi connectivity index (χ4v) is 2.83. The highest BCUT2D eigenvalue weighted by molar-refractivity contribution is 6.17. The summed E-state index contributed by atoms with van der Waals surface area (Å²) in [4.78, 5) is 9.64. The van der Waals surface area contributed by atoms with Gasteiger partial charge in [0.2, 0.25) is 0 Å². The highest BCUT2D eigenvalue weighted by Gasteiger charge is 2.17. The van der Waals surface area contributed by atoms with Gasteiger partial charge >= 0.3 is 0 Å². The molecule has 3 rings (SSSR count). The van der Waals surface area contributed by atoms with E-state index in [-0.39, 0.29) is 0 Å². The number of para-hydroxylation sites is 1. The molecule has 0 amide bonds. The second-order valence-electron chi connectivity index (χ2n) is 5.23. The Balaban J connectivity index is 1.67. The SMILES string of the molecule is ClCCCN1CCN(c2ccc3ccccc3n2)CC1. The molecule has 1 aliphatic rings. The van der Waals surface area contributed by atoms with Gasteiger partial charge in [0.05, 0.1) is 5.52 Å². The van der Waals surface area contributed by atoms with Gasteiger partial charge in [-0.25, -0.2) is 4.98 Å². The van der Waals surface area contributed by atoms with Crippen LogP contribution in [0.15, 0.2) is 36.4 Å². The molecule has 106 valence electrons. The maximum atomic E-state index is 5.75. The molecule has 0 N–H and O–H groups in total. The maximum Gasteiger partial charge on any atom is 0.129 e. The maximum absolute atomic E-state index is 5.75. The van der Waals surface area contributed by atoms with Crippen LogP contribution in [0, 0.1) is 0 Å². The molecule has 1 fully saturated rings. The van der Waals surface area contributed by atoms with Crippen LogP contribution in [-0.4, -0.2) is 48.5 Å². The molecular formula is C16H20ClN3. The summed E-state index contributed by atoms with van der Waals surface area (Å²) >= 11 is 5.75. The van der Waals surface area contributed by atoms with E-state index in [0.29, 0.717) is 0 Å². The number of anilines is 1. The molecular weight excluding hydrogens is 270 g/mol. The molecule has 1 aromatic heterocycles. The summed E-state index contributed by atoms with van der Waals surface area (Å²) in [6, 6.07) is 12.6. The van der Waals surface area contributed by atoms with E-state index in [1.165, 1.54) is 5.39 Å². The van der Waals surface area contributed by atoms with E-state index in [1.54, 1.807) is 0 Å². The summed E-state index contributed by atoms with van der Waals surface area (Å²) in [6.07, 6.45) is 1.08. The molecule has 2 aromatic rings. The Morgan fingerprint density at radius 2 is 1.80 bits per heavy atom. The first kappa shape index (κ1) is 13.7. The van der Waals surface area contributed by atoms with Crippen molar-refractivity contribution < 1.29 is 0 Å². The molecule has 0 aliphatic carbocycles. The number of nitrogens with zero attached hydrogens (tertiary/aromatic N) is 3. The number of hydrogen-bond acceptors (Lipinski definition) is 3. The van der Waals surface area contributed by atoms with Gasteiger partial charge in [-0.05, 0) is 31.2 Å². The van der Waals surface area contributed by atoms with Crippen LogP contribution >= 0.6 is 11.6 Å². The van der Waals surface area contributed by atoms with Crippen molar-refractivity contribution in [3.63, 3.8) is 0 Å². The van der Waals surface area contributed by atoms with Gasteiger partial charge in [-0.15, -0.1) is 11.6 Å². The van der Waals surface area contributed by atoms with Crippen molar-refractivity contribution in [1.82, 2.24) is 9.88 Å². The normalized spacial score (nSPS) is 16.8. The fourth-order valence-electron chi connectivity index (χ4n) is 2.72. The third kappa shape index (κ3) is 3.05. The second kappa shape index (κ2) is 6.42. The standard InChI is InChI=1S/C16H20ClN3/c17-8-3-9-19-10-12-20(13-11-19)16-7-6-14-4-1-2-5-15(14)18-16/h1-2,4-7H,3,8-13H2. The van der Waals surface area contributed by atoms with Gasteiger partial charge in [0.25, 0.3) is 0 Å². The van der Waals surface area contributed by atoms with Crippen molar-refractivity contribution in [3.05, 3.63) is 36.4 Å². The molecule has 0 bridgehead atoms. The summed E-state index contributed by atoms with van der Waals surface area (Å²) in [5, 5.41) is 1.21. The van der Waals surface area contributed by atoms with Gasteiger partial charge in [-0.2, -0.15) is 0 Å². The van der Waals surface area contributed by atoms with E-state index in [1.807, 2.05) is 6.07 Å². The van der Waals surface area contributed by atoms with E-state index in [9.17, 15) is 0 Å². The third-order valence-corrected chi connectivity index (χ3v) is 4.16. The molecule has 0 radical (unpaired) electrons. The van der Waals surface area contributed by atoms with Crippen molar-refractivity contribution in [2.24, 2.45) is 0 Å². The molecule has 1 aromatic carbocycles. The number of alkyl halides is 1. The molecule has 1 saturated heterocycles. The first-order valence-electron chi connectivity index (χ1n) is 7.26. The Hall–Kier alpha value is -1.32. The molecule has 0 saturated carbocycles. The Kier molecular flexibility index (Phi) is 4.38. The average Bonchev–Trinajstić information content (AvgIpc) is 2.53. The van der Waals surface area contributed by atoms with Crippen molar-refractivity contribution in [1.29, 1.82) is 0 Å². The van der Waals surface area contributed by atoms with Crippen molar-refractivity contribution in [2.75, 3.05) is 43.5 Å². The monoisotopic (exact) mass is 289 g/mol. The first-order valence-corrected chi connectivity index (χ1v) is 7.79. The quantitative estimate of drug-likeness (QED) is 0.807. The first-order chi connectivity index (χ1) is 9.86. The van der Waals surface area contributed by atoms with Crippen LogP contribution < -0.4 is 4.90 Å².